The van der Waals surface area contributed by atoms with Crippen molar-refractivity contribution >= 4 is 30.5 Å². The van der Waals surface area contributed by atoms with Crippen molar-refractivity contribution in [2.45, 2.75) is 99.8 Å². The molecule has 0 aromatic carbocycles. The van der Waals surface area contributed by atoms with E-state index >= 15 is 0 Å². The van der Waals surface area contributed by atoms with Crippen molar-refractivity contribution in [1.82, 2.24) is 0 Å². The van der Waals surface area contributed by atoms with E-state index in [2.05, 4.69) is 45.7 Å². The first-order valence-corrected chi connectivity index (χ1v) is 17.7. The van der Waals surface area contributed by atoms with Crippen molar-refractivity contribution in [2.24, 2.45) is 10.9 Å². The van der Waals surface area contributed by atoms with Gasteiger partial charge < -0.3 is 0 Å². The molecule has 0 aromatic rings. The van der Waals surface area contributed by atoms with Crippen LogP contribution in [0.5, 0.6) is 0 Å². The molecule has 0 spiro atoms. The van der Waals surface area contributed by atoms with Gasteiger partial charge in [0.25, 0.3) is 0 Å². The van der Waals surface area contributed by atoms with E-state index in [-0.39, 0.29) is 11.8 Å². The van der Waals surface area contributed by atoms with Gasteiger partial charge in [0, 0.05) is 0 Å². The minimum absolute atomic E-state index is 0.0471. The van der Waals surface area contributed by atoms with Crippen LogP contribution in [0.3, 0.4) is 0 Å². The maximum atomic E-state index is 12.2. The monoisotopic (exact) mass is 443 g/mol. The standard InChI is InChI=1S/C9H14NO.3C4H9.Sn/c1-4-6-7-10-9(11)8(3)5-2;3*1-3-4-2;/h4,7-8H,5H2,1-3H3;3*1,3-4H2,2H3;/t8-;;;;/m1..../s1. The molecule has 140 valence electrons. The van der Waals surface area contributed by atoms with Gasteiger partial charge in [-0.15, -0.1) is 0 Å². The van der Waals surface area contributed by atoms with Gasteiger partial charge in [-0.2, -0.15) is 0 Å². The average Bonchev–Trinajstić information content (AvgIpc) is 2.61. The molecule has 0 aliphatic heterocycles. The Hall–Kier alpha value is -0.121. The molecular formula is C21H41NOSn. The summed E-state index contributed by atoms with van der Waals surface area (Å²) >= 11 is -2.43. The second-order valence-corrected chi connectivity index (χ2v) is 20.5. The zero-order chi connectivity index (χ0) is 18.4. The molecule has 0 saturated carbocycles. The molecule has 1 atom stereocenters. The van der Waals surface area contributed by atoms with E-state index in [1.165, 1.54) is 55.4 Å². The Morgan fingerprint density at radius 2 is 1.42 bits per heavy atom. The zero-order valence-corrected chi connectivity index (χ0v) is 20.0. The van der Waals surface area contributed by atoms with Crippen molar-refractivity contribution in [3.05, 3.63) is 9.67 Å². The van der Waals surface area contributed by atoms with E-state index in [0.717, 1.165) is 6.42 Å². The molecule has 24 heavy (non-hydrogen) atoms. The predicted octanol–water partition coefficient (Wildman–Crippen LogP) is 6.96. The quantitative estimate of drug-likeness (QED) is 0.224. The van der Waals surface area contributed by atoms with Gasteiger partial charge in [-0.05, 0) is 0 Å². The van der Waals surface area contributed by atoms with Crippen molar-refractivity contribution in [3.63, 3.8) is 0 Å². The third kappa shape index (κ3) is 8.31. The number of allylic oxidation sites excluding steroid dienone is 2. The molecule has 0 aliphatic rings. The third-order valence-corrected chi connectivity index (χ3v) is 21.2. The minimum atomic E-state index is -2.43. The fourth-order valence-electron chi connectivity index (χ4n) is 3.31. The van der Waals surface area contributed by atoms with E-state index in [0.29, 0.717) is 0 Å². The first kappa shape index (κ1) is 23.9. The maximum absolute atomic E-state index is 12.2. The fraction of sp³-hybridized carbons (Fsp3) is 0.810. The van der Waals surface area contributed by atoms with Crippen molar-refractivity contribution in [2.75, 3.05) is 0 Å². The molecule has 0 fully saturated rings. The Labute approximate surface area is 155 Å². The van der Waals surface area contributed by atoms with Crippen molar-refractivity contribution < 1.29 is 4.79 Å². The normalized spacial score (nSPS) is 14.3. The Kier molecular flexibility index (Phi) is 14.0. The van der Waals surface area contributed by atoms with Crippen LogP contribution >= 0.6 is 0 Å². The van der Waals surface area contributed by atoms with Crippen LogP contribution in [0.25, 0.3) is 0 Å². The van der Waals surface area contributed by atoms with E-state index in [9.17, 15) is 4.79 Å². The SMILES string of the molecule is C/C=[C](\C=NC(=O)[C@H](C)CC)[Sn]([CH2]CCC)([CH2]CCC)[CH2]CCC. The van der Waals surface area contributed by atoms with Crippen LogP contribution in [0, 0.1) is 5.92 Å². The van der Waals surface area contributed by atoms with Gasteiger partial charge in [0.05, 0.1) is 0 Å². The summed E-state index contributed by atoms with van der Waals surface area (Å²) in [4.78, 5) is 16.5. The number of amides is 1. The van der Waals surface area contributed by atoms with Gasteiger partial charge in [0.2, 0.25) is 0 Å². The molecule has 0 aromatic heterocycles. The molecule has 3 heteroatoms. The summed E-state index contributed by atoms with van der Waals surface area (Å²) in [5.74, 6) is 0.101. The van der Waals surface area contributed by atoms with Crippen LogP contribution in [0.4, 0.5) is 0 Å². The molecule has 0 saturated heterocycles. The van der Waals surface area contributed by atoms with E-state index in [1.54, 1.807) is 0 Å². The Morgan fingerprint density at radius 3 is 1.75 bits per heavy atom. The third-order valence-electron chi connectivity index (χ3n) is 5.31. The van der Waals surface area contributed by atoms with Gasteiger partial charge >= 0.3 is 156 Å². The van der Waals surface area contributed by atoms with Crippen LogP contribution in [0.1, 0.15) is 86.5 Å². The number of carbonyl (C=O) groups is 1. The summed E-state index contributed by atoms with van der Waals surface area (Å²) in [5.41, 5.74) is 0. The number of hydrogen-bond donors (Lipinski definition) is 0. The molecule has 0 aliphatic carbocycles. The Balaban J connectivity index is 5.48. The summed E-state index contributed by atoms with van der Waals surface area (Å²) < 4.78 is 5.77. The summed E-state index contributed by atoms with van der Waals surface area (Å²) in [6.07, 6.45) is 13.0. The van der Waals surface area contributed by atoms with Gasteiger partial charge in [-0.25, -0.2) is 0 Å². The van der Waals surface area contributed by atoms with E-state index < -0.39 is 18.4 Å². The molecule has 0 N–H and O–H groups in total. The van der Waals surface area contributed by atoms with Crippen molar-refractivity contribution in [3.8, 4) is 0 Å². The first-order valence-electron chi connectivity index (χ1n) is 10.3. The topological polar surface area (TPSA) is 29.4 Å². The number of nitrogens with zero attached hydrogens (tertiary/aromatic N) is 1. The summed E-state index contributed by atoms with van der Waals surface area (Å²) in [7, 11) is 0. The average molecular weight is 442 g/mol. The molecular weight excluding hydrogens is 401 g/mol. The predicted molar refractivity (Wildman–Crippen MR) is 112 cm³/mol. The number of hydrogen-bond acceptors (Lipinski definition) is 1. The summed E-state index contributed by atoms with van der Waals surface area (Å²) in [6.45, 7) is 13.1. The molecule has 1 amide bonds. The summed E-state index contributed by atoms with van der Waals surface area (Å²) in [6, 6.07) is 0. The van der Waals surface area contributed by atoms with E-state index in [4.69, 9.17) is 0 Å². The van der Waals surface area contributed by atoms with Crippen LogP contribution in [0.2, 0.25) is 13.3 Å². The second-order valence-electron chi connectivity index (χ2n) is 7.24. The van der Waals surface area contributed by atoms with Crippen LogP contribution in [-0.4, -0.2) is 30.5 Å². The van der Waals surface area contributed by atoms with Crippen LogP contribution in [-0.2, 0) is 4.79 Å². The van der Waals surface area contributed by atoms with Gasteiger partial charge in [0.1, 0.15) is 0 Å². The molecule has 0 unspecified atom stereocenters. The molecule has 2 nitrogen and oxygen atoms in total. The zero-order valence-electron chi connectivity index (χ0n) is 17.2. The number of carbonyl (C=O) groups excluding carboxylic acids is 1. The van der Waals surface area contributed by atoms with Gasteiger partial charge in [0.15, 0.2) is 0 Å². The number of aliphatic imine (C=N–C) groups is 1. The molecule has 0 radical (unpaired) electrons. The van der Waals surface area contributed by atoms with Gasteiger partial charge in [-0.3, -0.25) is 0 Å². The first-order chi connectivity index (χ1) is 11.5. The summed E-state index contributed by atoms with van der Waals surface area (Å²) in [5, 5.41) is 0. The number of unbranched alkanes of at least 4 members (excludes halogenated alkanes) is 3. The molecule has 0 bridgehead atoms. The van der Waals surface area contributed by atoms with Crippen LogP contribution in [0.15, 0.2) is 14.7 Å². The molecule has 0 heterocycles. The second kappa shape index (κ2) is 14.1. The van der Waals surface area contributed by atoms with Crippen molar-refractivity contribution in [1.29, 1.82) is 0 Å². The Morgan fingerprint density at radius 1 is 0.958 bits per heavy atom. The Bertz CT molecular complexity index is 379. The molecule has 0 rings (SSSR count). The number of rotatable bonds is 13. The van der Waals surface area contributed by atoms with Crippen LogP contribution < -0.4 is 0 Å². The van der Waals surface area contributed by atoms with Gasteiger partial charge in [-0.1, -0.05) is 0 Å². The van der Waals surface area contributed by atoms with E-state index in [1.807, 2.05) is 13.1 Å². The fourth-order valence-corrected chi connectivity index (χ4v) is 19.5.